The maximum atomic E-state index is 9.15. The number of rotatable bonds is 6. The lowest BCUT2D eigenvalue weighted by atomic mass is 10.2. The van der Waals surface area contributed by atoms with Crippen LogP contribution in [0.1, 0.15) is 12.5 Å². The fraction of sp³-hybridized carbons (Fsp3) is 0.364. The highest BCUT2D eigenvalue weighted by atomic mass is 35.5. The summed E-state index contributed by atoms with van der Waals surface area (Å²) >= 11 is 5.92. The molecule has 0 saturated heterocycles. The van der Waals surface area contributed by atoms with Crippen molar-refractivity contribution in [3.63, 3.8) is 0 Å². The number of hydrogen-bond donors (Lipinski definition) is 3. The van der Waals surface area contributed by atoms with E-state index in [0.717, 1.165) is 12.2 Å². The van der Waals surface area contributed by atoms with Gasteiger partial charge in [-0.05, 0) is 13.0 Å². The van der Waals surface area contributed by atoms with Crippen LogP contribution in [0.25, 0.3) is 0 Å². The van der Waals surface area contributed by atoms with Crippen molar-refractivity contribution < 1.29 is 5.11 Å². The van der Waals surface area contributed by atoms with Crippen molar-refractivity contribution >= 4 is 17.4 Å². The molecule has 0 unspecified atom stereocenters. The molecule has 3 N–H and O–H groups in total. The molecule has 5 heteroatoms. The number of hydrogen-bond acceptors (Lipinski definition) is 4. The molecule has 1 rings (SSSR count). The molecule has 1 heterocycles. The summed E-state index contributed by atoms with van der Waals surface area (Å²) < 4.78 is 0. The minimum atomic E-state index is -0.122. The Balaban J connectivity index is 2.53. The van der Waals surface area contributed by atoms with Crippen LogP contribution in [-0.2, 0) is 6.61 Å². The number of aliphatic hydroxyl groups excluding tert-OH is 1. The van der Waals surface area contributed by atoms with Gasteiger partial charge in [-0.1, -0.05) is 18.2 Å². The van der Waals surface area contributed by atoms with Gasteiger partial charge >= 0.3 is 0 Å². The smallest absolute Gasteiger partial charge is 0.133 e. The Hall–Kier alpha value is -1.26. The number of allylic oxidation sites excluding steroid dienone is 1. The van der Waals surface area contributed by atoms with E-state index in [2.05, 4.69) is 22.2 Å². The Morgan fingerprint density at radius 1 is 1.56 bits per heavy atom. The average Bonchev–Trinajstić information content (AvgIpc) is 2.24. The fourth-order valence-electron chi connectivity index (χ4n) is 1.23. The summed E-state index contributed by atoms with van der Waals surface area (Å²) in [6.07, 6.45) is 1.61. The highest BCUT2D eigenvalue weighted by molar-refractivity contribution is 6.31. The van der Waals surface area contributed by atoms with Crippen molar-refractivity contribution in [1.82, 2.24) is 10.3 Å². The molecule has 0 atom stereocenters. The number of nitrogens with zero attached hydrogens (tertiary/aromatic N) is 1. The molecule has 4 nitrogen and oxygen atoms in total. The molecule has 0 fully saturated rings. The summed E-state index contributed by atoms with van der Waals surface area (Å²) in [6, 6.07) is 1.66. The molecule has 1 aromatic rings. The van der Waals surface area contributed by atoms with Crippen LogP contribution in [0.5, 0.6) is 0 Å². The Kier molecular flexibility index (Phi) is 5.08. The summed E-state index contributed by atoms with van der Waals surface area (Å²) in [5.74, 6) is 0.624. The summed E-state index contributed by atoms with van der Waals surface area (Å²) in [5, 5.41) is 15.9. The van der Waals surface area contributed by atoms with Crippen molar-refractivity contribution in [3.8, 4) is 0 Å². The number of anilines is 1. The van der Waals surface area contributed by atoms with Gasteiger partial charge in [0.1, 0.15) is 5.82 Å². The van der Waals surface area contributed by atoms with E-state index in [1.807, 2.05) is 6.92 Å². The van der Waals surface area contributed by atoms with Crippen LogP contribution in [-0.4, -0.2) is 23.2 Å². The first-order valence-electron chi connectivity index (χ1n) is 5.02. The van der Waals surface area contributed by atoms with Gasteiger partial charge in [0.25, 0.3) is 0 Å². The van der Waals surface area contributed by atoms with Gasteiger partial charge in [-0.25, -0.2) is 4.98 Å². The lowest BCUT2D eigenvalue weighted by molar-refractivity contribution is 0.282. The lowest BCUT2D eigenvalue weighted by Gasteiger charge is -2.11. The molecular weight excluding hydrogens is 226 g/mol. The predicted octanol–water partition coefficient (Wildman–Crippen LogP) is 1.76. The zero-order valence-electron chi connectivity index (χ0n) is 9.26. The van der Waals surface area contributed by atoms with Crippen molar-refractivity contribution in [3.05, 3.63) is 35.1 Å². The molecule has 16 heavy (non-hydrogen) atoms. The minimum absolute atomic E-state index is 0.122. The molecule has 0 amide bonds. The van der Waals surface area contributed by atoms with Gasteiger partial charge in [0.15, 0.2) is 0 Å². The van der Waals surface area contributed by atoms with Gasteiger partial charge in [-0.3, -0.25) is 0 Å². The summed E-state index contributed by atoms with van der Waals surface area (Å²) in [7, 11) is 0. The lowest BCUT2D eigenvalue weighted by Crippen LogP contribution is -2.21. The van der Waals surface area contributed by atoms with Crippen LogP contribution < -0.4 is 10.6 Å². The molecule has 0 aliphatic heterocycles. The zero-order chi connectivity index (χ0) is 12.0. The maximum absolute atomic E-state index is 9.15. The molecule has 0 bridgehead atoms. The Labute approximate surface area is 100 Å². The summed E-state index contributed by atoms with van der Waals surface area (Å²) in [5.41, 5.74) is 1.54. The molecule has 0 aliphatic carbocycles. The first kappa shape index (κ1) is 12.8. The van der Waals surface area contributed by atoms with E-state index in [1.54, 1.807) is 12.3 Å². The highest BCUT2D eigenvalue weighted by Crippen LogP contribution is 2.21. The molecule has 1 aromatic heterocycles. The fourth-order valence-corrected chi connectivity index (χ4v) is 1.43. The second-order valence-electron chi connectivity index (χ2n) is 3.41. The van der Waals surface area contributed by atoms with Crippen LogP contribution in [0.15, 0.2) is 24.5 Å². The highest BCUT2D eigenvalue weighted by Gasteiger charge is 2.06. The number of aromatic nitrogens is 1. The van der Waals surface area contributed by atoms with Gasteiger partial charge in [-0.15, -0.1) is 0 Å². The third-order valence-electron chi connectivity index (χ3n) is 2.00. The zero-order valence-corrected chi connectivity index (χ0v) is 10.0. The summed E-state index contributed by atoms with van der Waals surface area (Å²) in [6.45, 7) is 6.94. The van der Waals surface area contributed by atoms with Crippen LogP contribution in [0.4, 0.5) is 5.82 Å². The molecule has 0 radical (unpaired) electrons. The van der Waals surface area contributed by atoms with Crippen molar-refractivity contribution in [2.75, 3.05) is 18.4 Å². The van der Waals surface area contributed by atoms with E-state index in [-0.39, 0.29) is 6.61 Å². The van der Waals surface area contributed by atoms with E-state index in [9.17, 15) is 0 Å². The average molecular weight is 242 g/mol. The van der Waals surface area contributed by atoms with E-state index in [0.29, 0.717) is 22.9 Å². The van der Waals surface area contributed by atoms with Crippen LogP contribution in [0, 0.1) is 0 Å². The quantitative estimate of drug-likeness (QED) is 0.665. The third-order valence-corrected chi connectivity index (χ3v) is 2.36. The van der Waals surface area contributed by atoms with Gasteiger partial charge in [0.2, 0.25) is 0 Å². The van der Waals surface area contributed by atoms with E-state index < -0.39 is 0 Å². The van der Waals surface area contributed by atoms with Crippen molar-refractivity contribution in [2.45, 2.75) is 13.5 Å². The van der Waals surface area contributed by atoms with Gasteiger partial charge in [0, 0.05) is 30.5 Å². The second kappa shape index (κ2) is 6.35. The number of pyridine rings is 1. The molecule has 0 aromatic carbocycles. The predicted molar refractivity (Wildman–Crippen MR) is 66.5 cm³/mol. The standard InChI is InChI=1S/C11H16ClN3O/c1-8(2)13-5-6-15-11-9(7-16)10(12)3-4-14-11/h3-4,13,16H,1,5-7H2,2H3,(H,14,15). The van der Waals surface area contributed by atoms with Crippen LogP contribution >= 0.6 is 11.6 Å². The van der Waals surface area contributed by atoms with Gasteiger partial charge in [-0.2, -0.15) is 0 Å². The van der Waals surface area contributed by atoms with Crippen LogP contribution in [0.3, 0.4) is 0 Å². The molecular formula is C11H16ClN3O. The molecule has 0 saturated carbocycles. The minimum Gasteiger partial charge on any atom is -0.391 e. The van der Waals surface area contributed by atoms with E-state index in [4.69, 9.17) is 16.7 Å². The van der Waals surface area contributed by atoms with Crippen molar-refractivity contribution in [2.24, 2.45) is 0 Å². The number of nitrogens with one attached hydrogen (secondary N) is 2. The first-order valence-corrected chi connectivity index (χ1v) is 5.40. The van der Waals surface area contributed by atoms with Crippen molar-refractivity contribution in [1.29, 1.82) is 0 Å². The number of aliphatic hydroxyl groups is 1. The largest absolute Gasteiger partial charge is 0.391 e. The Morgan fingerprint density at radius 2 is 2.31 bits per heavy atom. The second-order valence-corrected chi connectivity index (χ2v) is 3.82. The SMILES string of the molecule is C=C(C)NCCNc1nccc(Cl)c1CO. The van der Waals surface area contributed by atoms with Gasteiger partial charge in [0.05, 0.1) is 11.6 Å². The van der Waals surface area contributed by atoms with Gasteiger partial charge < -0.3 is 15.7 Å². The number of halogens is 1. The van der Waals surface area contributed by atoms with Crippen LogP contribution in [0.2, 0.25) is 5.02 Å². The molecule has 0 spiro atoms. The summed E-state index contributed by atoms with van der Waals surface area (Å²) in [4.78, 5) is 4.12. The monoisotopic (exact) mass is 241 g/mol. The molecule has 0 aliphatic rings. The first-order chi connectivity index (χ1) is 7.65. The van der Waals surface area contributed by atoms with E-state index in [1.165, 1.54) is 0 Å². The normalized spacial score (nSPS) is 9.94. The topological polar surface area (TPSA) is 57.2 Å². The Morgan fingerprint density at radius 3 is 2.94 bits per heavy atom. The Bertz CT molecular complexity index is 368. The molecule has 88 valence electrons. The third kappa shape index (κ3) is 3.72. The van der Waals surface area contributed by atoms with E-state index >= 15 is 0 Å². The maximum Gasteiger partial charge on any atom is 0.133 e.